The molecule has 0 saturated carbocycles. The molecule has 1 heterocycles. The third-order valence-electron chi connectivity index (χ3n) is 4.92. The minimum Gasteiger partial charge on any atom is -0.465 e. The van der Waals surface area contributed by atoms with Gasteiger partial charge in [0.25, 0.3) is 0 Å². The molecular weight excluding hydrogens is 360 g/mol. The first-order chi connectivity index (χ1) is 14.2. The minimum absolute atomic E-state index is 0.328. The highest BCUT2D eigenvalue weighted by Crippen LogP contribution is 2.26. The van der Waals surface area contributed by atoms with Crippen LogP contribution in [0.2, 0.25) is 0 Å². The molecule has 0 amide bonds. The largest absolute Gasteiger partial charge is 0.465 e. The van der Waals surface area contributed by atoms with E-state index in [0.717, 1.165) is 39.0 Å². The molecule has 1 N–H and O–H groups in total. The van der Waals surface area contributed by atoms with Crippen LogP contribution in [0.15, 0.2) is 78.9 Å². The molecule has 29 heavy (non-hydrogen) atoms. The molecule has 0 aliphatic heterocycles. The van der Waals surface area contributed by atoms with Crippen molar-refractivity contribution in [3.63, 3.8) is 0 Å². The molecule has 4 aromatic rings. The van der Waals surface area contributed by atoms with Crippen molar-refractivity contribution in [1.82, 2.24) is 4.98 Å². The molecule has 4 nitrogen and oxygen atoms in total. The van der Waals surface area contributed by atoms with Gasteiger partial charge in [-0.25, -0.2) is 4.79 Å². The first-order valence-electron chi connectivity index (χ1n) is 9.52. The second-order valence-corrected chi connectivity index (χ2v) is 6.92. The second-order valence-electron chi connectivity index (χ2n) is 6.92. The molecular formula is C25H22N2O2. The molecule has 0 aliphatic rings. The average molecular weight is 382 g/mol. The first kappa shape index (κ1) is 18.7. The highest BCUT2D eigenvalue weighted by molar-refractivity contribution is 5.97. The van der Waals surface area contributed by atoms with Crippen LogP contribution < -0.4 is 5.32 Å². The third-order valence-corrected chi connectivity index (χ3v) is 4.92. The number of methoxy groups -OCH3 is 1. The molecule has 0 atom stereocenters. The van der Waals surface area contributed by atoms with Gasteiger partial charge in [0.1, 0.15) is 0 Å². The van der Waals surface area contributed by atoms with Gasteiger partial charge in [0.05, 0.1) is 18.2 Å². The van der Waals surface area contributed by atoms with Crippen molar-refractivity contribution >= 4 is 22.6 Å². The number of fused-ring (bicyclic) bond motifs is 1. The van der Waals surface area contributed by atoms with E-state index >= 15 is 0 Å². The van der Waals surface area contributed by atoms with Crippen molar-refractivity contribution in [2.75, 3.05) is 12.4 Å². The van der Waals surface area contributed by atoms with Crippen LogP contribution in [-0.2, 0) is 11.3 Å². The van der Waals surface area contributed by atoms with Gasteiger partial charge in [-0.3, -0.25) is 4.98 Å². The fourth-order valence-electron chi connectivity index (χ4n) is 3.48. The van der Waals surface area contributed by atoms with Gasteiger partial charge in [0.15, 0.2) is 0 Å². The lowest BCUT2D eigenvalue weighted by atomic mass is 9.98. The molecule has 3 aromatic carbocycles. The molecule has 0 unspecified atom stereocenters. The van der Waals surface area contributed by atoms with E-state index in [-0.39, 0.29) is 5.97 Å². The van der Waals surface area contributed by atoms with Crippen LogP contribution in [0.4, 0.5) is 5.69 Å². The molecule has 1 aromatic heterocycles. The molecule has 0 radical (unpaired) electrons. The summed E-state index contributed by atoms with van der Waals surface area (Å²) in [5.41, 5.74) is 6.64. The number of nitrogens with zero attached hydrogens (tertiary/aromatic N) is 1. The van der Waals surface area contributed by atoms with Crippen LogP contribution in [0.1, 0.15) is 21.6 Å². The minimum atomic E-state index is -0.328. The number of rotatable bonds is 5. The predicted octanol–water partition coefficient (Wildman–Crippen LogP) is 5.61. The molecule has 0 fully saturated rings. The normalized spacial score (nSPS) is 10.7. The van der Waals surface area contributed by atoms with Gasteiger partial charge in [-0.05, 0) is 41.8 Å². The summed E-state index contributed by atoms with van der Waals surface area (Å²) in [5, 5.41) is 4.64. The Morgan fingerprint density at radius 1 is 0.966 bits per heavy atom. The molecule has 4 heteroatoms. The Labute approximate surface area is 170 Å². The Kier molecular flexibility index (Phi) is 5.25. The lowest BCUT2D eigenvalue weighted by molar-refractivity contribution is 0.0601. The third kappa shape index (κ3) is 3.97. The Hall–Kier alpha value is -3.66. The molecule has 0 saturated heterocycles. The number of ether oxygens (including phenoxy) is 1. The summed E-state index contributed by atoms with van der Waals surface area (Å²) in [4.78, 5) is 16.6. The van der Waals surface area contributed by atoms with Crippen molar-refractivity contribution in [2.24, 2.45) is 0 Å². The molecule has 144 valence electrons. The van der Waals surface area contributed by atoms with E-state index in [9.17, 15) is 4.79 Å². The molecule has 0 bridgehead atoms. The molecule has 0 spiro atoms. The van der Waals surface area contributed by atoms with Gasteiger partial charge >= 0.3 is 5.97 Å². The van der Waals surface area contributed by atoms with Gasteiger partial charge in [-0.15, -0.1) is 0 Å². The van der Waals surface area contributed by atoms with Crippen molar-refractivity contribution in [1.29, 1.82) is 0 Å². The smallest absolute Gasteiger partial charge is 0.338 e. The number of carbonyl (C=O) groups is 1. The quantitative estimate of drug-likeness (QED) is 0.456. The maximum atomic E-state index is 12.0. The number of benzene rings is 3. The summed E-state index contributed by atoms with van der Waals surface area (Å²) in [6, 6.07) is 25.9. The van der Waals surface area contributed by atoms with Gasteiger partial charge in [-0.2, -0.15) is 0 Å². The number of carbonyl (C=O) groups excluding carboxylic acids is 1. The van der Waals surface area contributed by atoms with Gasteiger partial charge in [0, 0.05) is 23.3 Å². The topological polar surface area (TPSA) is 51.2 Å². The van der Waals surface area contributed by atoms with Crippen LogP contribution in [0.5, 0.6) is 0 Å². The number of aryl methyl sites for hydroxylation is 1. The van der Waals surface area contributed by atoms with Crippen molar-refractivity contribution < 1.29 is 9.53 Å². The summed E-state index contributed by atoms with van der Waals surface area (Å²) in [5.74, 6) is -0.328. The standard InChI is InChI=1S/C25H22N2O2/c1-17-15-24(22-9-5-6-10-23(22)27-17)26-16-18-11-13-19(14-12-18)20-7-3-4-8-21(20)25(28)29-2/h3-15H,16H2,1-2H3,(H,26,27). The summed E-state index contributed by atoms with van der Waals surface area (Å²) in [7, 11) is 1.40. The van der Waals surface area contributed by atoms with E-state index in [4.69, 9.17) is 4.74 Å². The number of hydrogen-bond acceptors (Lipinski definition) is 4. The van der Waals surface area contributed by atoms with E-state index < -0.39 is 0 Å². The van der Waals surface area contributed by atoms with Crippen LogP contribution >= 0.6 is 0 Å². The van der Waals surface area contributed by atoms with Crippen molar-refractivity contribution in [2.45, 2.75) is 13.5 Å². The van der Waals surface area contributed by atoms with E-state index in [0.29, 0.717) is 12.1 Å². The lowest BCUT2D eigenvalue weighted by Gasteiger charge is -2.12. The highest BCUT2D eigenvalue weighted by atomic mass is 16.5. The Morgan fingerprint density at radius 2 is 1.69 bits per heavy atom. The van der Waals surface area contributed by atoms with Gasteiger partial charge in [-0.1, -0.05) is 60.7 Å². The van der Waals surface area contributed by atoms with Crippen LogP contribution in [0, 0.1) is 6.92 Å². The summed E-state index contributed by atoms with van der Waals surface area (Å²) in [6.45, 7) is 2.71. The Morgan fingerprint density at radius 3 is 2.48 bits per heavy atom. The van der Waals surface area contributed by atoms with E-state index in [1.54, 1.807) is 6.07 Å². The second kappa shape index (κ2) is 8.15. The Bertz CT molecular complexity index is 1170. The molecule has 4 rings (SSSR count). The zero-order chi connectivity index (χ0) is 20.2. The van der Waals surface area contributed by atoms with Crippen molar-refractivity contribution in [3.8, 4) is 11.1 Å². The number of pyridine rings is 1. The molecule has 0 aliphatic carbocycles. The number of anilines is 1. The average Bonchev–Trinajstić information content (AvgIpc) is 2.77. The summed E-state index contributed by atoms with van der Waals surface area (Å²) >= 11 is 0. The zero-order valence-electron chi connectivity index (χ0n) is 16.5. The number of nitrogens with one attached hydrogen (secondary N) is 1. The maximum absolute atomic E-state index is 12.0. The summed E-state index contributed by atoms with van der Waals surface area (Å²) < 4.78 is 4.90. The zero-order valence-corrected chi connectivity index (χ0v) is 16.5. The van der Waals surface area contributed by atoms with E-state index in [1.165, 1.54) is 7.11 Å². The first-order valence-corrected chi connectivity index (χ1v) is 9.52. The van der Waals surface area contributed by atoms with E-state index in [2.05, 4.69) is 34.6 Å². The monoisotopic (exact) mass is 382 g/mol. The maximum Gasteiger partial charge on any atom is 0.338 e. The Balaban J connectivity index is 1.56. The predicted molar refractivity (Wildman–Crippen MR) is 117 cm³/mol. The number of hydrogen-bond donors (Lipinski definition) is 1. The fourth-order valence-corrected chi connectivity index (χ4v) is 3.48. The van der Waals surface area contributed by atoms with Gasteiger partial charge in [0.2, 0.25) is 0 Å². The van der Waals surface area contributed by atoms with Crippen molar-refractivity contribution in [3.05, 3.63) is 95.7 Å². The van der Waals surface area contributed by atoms with Crippen LogP contribution in [0.3, 0.4) is 0 Å². The van der Waals surface area contributed by atoms with Gasteiger partial charge < -0.3 is 10.1 Å². The number of esters is 1. The fraction of sp³-hybridized carbons (Fsp3) is 0.120. The summed E-state index contributed by atoms with van der Waals surface area (Å²) in [6.07, 6.45) is 0. The van der Waals surface area contributed by atoms with E-state index in [1.807, 2.05) is 55.5 Å². The van der Waals surface area contributed by atoms with Crippen LogP contribution in [-0.4, -0.2) is 18.1 Å². The lowest BCUT2D eigenvalue weighted by Crippen LogP contribution is -2.03. The number of para-hydroxylation sites is 1. The van der Waals surface area contributed by atoms with Crippen LogP contribution in [0.25, 0.3) is 22.0 Å². The highest BCUT2D eigenvalue weighted by Gasteiger charge is 2.12. The number of aromatic nitrogens is 1. The SMILES string of the molecule is COC(=O)c1ccccc1-c1ccc(CNc2cc(C)nc3ccccc23)cc1.